The molecule has 3 aliphatic heterocycles. The number of ether oxygens (including phenoxy) is 2. The van der Waals surface area contributed by atoms with Gasteiger partial charge >= 0.3 is 6.09 Å². The van der Waals surface area contributed by atoms with E-state index >= 15 is 28.8 Å². The molecule has 0 radical (unpaired) electrons. The van der Waals surface area contributed by atoms with E-state index in [2.05, 4.69) is 41.9 Å². The highest BCUT2D eigenvalue weighted by Crippen LogP contribution is 2.29. The fourth-order valence-electron chi connectivity index (χ4n) is 10.8. The molecule has 0 unspecified atom stereocenters. The van der Waals surface area contributed by atoms with E-state index in [0.29, 0.717) is 35.5 Å². The molecule has 4 aromatic carbocycles. The lowest BCUT2D eigenvalue weighted by atomic mass is 9.83. The van der Waals surface area contributed by atoms with Gasteiger partial charge in [0.1, 0.15) is 42.6 Å². The van der Waals surface area contributed by atoms with Crippen LogP contribution < -0.4 is 42.4 Å². The zero-order valence-electron chi connectivity index (χ0n) is 43.9. The second-order valence-corrected chi connectivity index (χ2v) is 20.6. The largest absolute Gasteiger partial charge is 0.489 e. The molecule has 6 aromatic rings. The van der Waals surface area contributed by atoms with Crippen LogP contribution in [0.1, 0.15) is 66.0 Å². The first kappa shape index (κ1) is 55.3. The maximum atomic E-state index is 15.4. The van der Waals surface area contributed by atoms with E-state index in [0.717, 1.165) is 48.0 Å². The molecule has 7 atom stereocenters. The third-order valence-electron chi connectivity index (χ3n) is 14.9. The van der Waals surface area contributed by atoms with Crippen molar-refractivity contribution in [3.63, 3.8) is 0 Å². The molecule has 3 saturated heterocycles. The fraction of sp³-hybridized carbons (Fsp3) is 0.367. The molecule has 0 aliphatic carbocycles. The van der Waals surface area contributed by atoms with Crippen LogP contribution in [-0.2, 0) is 59.4 Å². The number of nitrogens with two attached hydrogens (primary N) is 1. The molecule has 0 bridgehead atoms. The summed E-state index contributed by atoms with van der Waals surface area (Å²) in [4.78, 5) is 113. The van der Waals surface area contributed by atoms with E-state index in [-0.39, 0.29) is 57.7 Å². The van der Waals surface area contributed by atoms with Crippen molar-refractivity contribution < 1.29 is 43.0 Å². The number of alkyl carbamates (subject to hydrolysis) is 1. The summed E-state index contributed by atoms with van der Waals surface area (Å²) in [6, 6.07) is 29.9. The molecule has 0 saturated carbocycles. The zero-order chi connectivity index (χ0) is 55.1. The fourth-order valence-corrected chi connectivity index (χ4v) is 10.8. The highest BCUT2D eigenvalue weighted by Gasteiger charge is 2.45. The highest BCUT2D eigenvalue weighted by atomic mass is 16.6. The second kappa shape index (κ2) is 26.8. The number of benzene rings is 4. The minimum absolute atomic E-state index is 0.0267. The van der Waals surface area contributed by atoms with E-state index in [1.54, 1.807) is 85.3 Å². The summed E-state index contributed by atoms with van der Waals surface area (Å²) < 4.78 is 11.8. The number of nitrogens with one attached hydrogen (secondary N) is 7. The minimum atomic E-state index is -1.39. The molecule has 9 N–H and O–H groups in total. The summed E-state index contributed by atoms with van der Waals surface area (Å²) in [5.41, 5.74) is 9.81. The molecule has 19 heteroatoms. The van der Waals surface area contributed by atoms with Gasteiger partial charge in [-0.25, -0.2) is 4.79 Å². The van der Waals surface area contributed by atoms with Gasteiger partial charge in [0.25, 0.3) is 0 Å². The van der Waals surface area contributed by atoms with Gasteiger partial charge in [-0.15, -0.1) is 0 Å². The predicted molar refractivity (Wildman–Crippen MR) is 295 cm³/mol. The summed E-state index contributed by atoms with van der Waals surface area (Å²) in [7, 11) is 0. The van der Waals surface area contributed by atoms with Gasteiger partial charge in [-0.1, -0.05) is 97.1 Å². The quantitative estimate of drug-likeness (QED) is 0.0723. The monoisotopic (exact) mass is 1070 g/mol. The lowest BCUT2D eigenvalue weighted by molar-refractivity contribution is -0.143. The number of nitrogens with zero attached hydrogens (tertiary/aromatic N) is 2. The summed E-state index contributed by atoms with van der Waals surface area (Å²) >= 11 is 0. The smallest absolute Gasteiger partial charge is 0.407 e. The Hall–Kier alpha value is -8.42. The molecule has 3 fully saturated rings. The zero-order valence-corrected chi connectivity index (χ0v) is 43.9. The summed E-state index contributed by atoms with van der Waals surface area (Å²) in [5.74, 6) is -4.10. The Bertz CT molecular complexity index is 3050. The summed E-state index contributed by atoms with van der Waals surface area (Å²) in [6.07, 6.45) is 4.42. The highest BCUT2D eigenvalue weighted by molar-refractivity contribution is 5.99. The molecule has 79 heavy (non-hydrogen) atoms. The third kappa shape index (κ3) is 14.8. The Morgan fingerprint density at radius 2 is 1.39 bits per heavy atom. The molecular formula is C60H68N10O9. The number of aromatic nitrogens is 2. The van der Waals surface area contributed by atoms with Crippen LogP contribution >= 0.6 is 0 Å². The van der Waals surface area contributed by atoms with Gasteiger partial charge in [0.05, 0.1) is 12.6 Å². The standard InChI is InChI=1S/C60H68N10O9/c61-23-27-64-60(77)79-46-33-52-57(74)69-54(42-13-5-2-6-14-42)58(75)66-49(31-44-35-65-48-16-8-7-15-47(44)48)53(71)32-43(28-39-21-25-62-26-22-39)55(72)67-50(29-38-17-19-45(20-18-38)78-37-40-10-3-1-4-11-40)56(73)68-51(59(76)70(52)36-46)30-41-12-9-24-63-34-41/h1-20,24,34-35,39,43,46,49-52,54,62,65H,21-23,25-33,36-37,61H2,(H,64,77)(H,66,75)(H,67,72)(H,68,73)(H,69,74)/t43-,46-,49-,50+,51+,52+,54+/m1/s1. The number of piperidine rings is 1. The molecule has 19 nitrogen and oxygen atoms in total. The number of hydrogen-bond acceptors (Lipinski definition) is 12. The Kier molecular flexibility index (Phi) is 18.7. The topological polar surface area (TPSA) is 268 Å². The normalized spacial score (nSPS) is 22.8. The van der Waals surface area contributed by atoms with Gasteiger partial charge in [-0.3, -0.25) is 33.8 Å². The second-order valence-electron chi connectivity index (χ2n) is 20.6. The number of ketones is 1. The predicted octanol–water partition coefficient (Wildman–Crippen LogP) is 4.11. The number of carbonyl (C=O) groups is 7. The van der Waals surface area contributed by atoms with E-state index in [9.17, 15) is 4.79 Å². The summed E-state index contributed by atoms with van der Waals surface area (Å²) in [5, 5.41) is 18.7. The van der Waals surface area contributed by atoms with Crippen molar-refractivity contribution in [1.29, 1.82) is 0 Å². The molecule has 3 aliphatic rings. The maximum Gasteiger partial charge on any atom is 0.407 e. The third-order valence-corrected chi connectivity index (χ3v) is 14.9. The van der Waals surface area contributed by atoms with Crippen molar-refractivity contribution >= 4 is 52.3 Å². The van der Waals surface area contributed by atoms with Crippen LogP contribution in [-0.4, -0.2) is 119 Å². The molecule has 2 aromatic heterocycles. The molecule has 6 amide bonds. The molecule has 412 valence electrons. The number of fused-ring (bicyclic) bond motifs is 2. The average molecular weight is 1070 g/mol. The molecule has 9 rings (SSSR count). The molecule has 5 heterocycles. The van der Waals surface area contributed by atoms with Crippen LogP contribution in [0.2, 0.25) is 0 Å². The van der Waals surface area contributed by atoms with Crippen molar-refractivity contribution in [3.05, 3.63) is 168 Å². The van der Waals surface area contributed by atoms with E-state index in [1.165, 1.54) is 4.90 Å². The Balaban J connectivity index is 1.11. The number of carbonyl (C=O) groups excluding carboxylic acids is 7. The Morgan fingerprint density at radius 3 is 2.14 bits per heavy atom. The van der Waals surface area contributed by atoms with Crippen LogP contribution in [0, 0.1) is 11.8 Å². The SMILES string of the molecule is NCCNC(=O)O[C@@H]1C[C@H]2C(=O)N[C@@H](c3ccccc3)C(=O)N[C@H](Cc3c[nH]c4ccccc34)C(=O)C[C@@H](CC3CCNCC3)C(=O)N[C@@H](Cc3ccc(OCc4ccccc4)cc3)C(=O)N[C@@H](Cc3cccnc3)C(=O)N2C1. The van der Waals surface area contributed by atoms with Crippen LogP contribution in [0.5, 0.6) is 5.75 Å². The number of rotatable bonds is 15. The van der Waals surface area contributed by atoms with Gasteiger partial charge in [0.2, 0.25) is 29.5 Å². The van der Waals surface area contributed by atoms with E-state index in [1.807, 2.05) is 54.6 Å². The van der Waals surface area contributed by atoms with Crippen LogP contribution in [0.4, 0.5) is 4.79 Å². The van der Waals surface area contributed by atoms with Crippen molar-refractivity contribution in [2.24, 2.45) is 17.6 Å². The van der Waals surface area contributed by atoms with Gasteiger partial charge in [0.15, 0.2) is 5.78 Å². The van der Waals surface area contributed by atoms with Gasteiger partial charge in [0, 0.05) is 80.6 Å². The number of Topliss-reactive ketones (excluding diaryl/α,β-unsaturated/α-hetero) is 1. The minimum Gasteiger partial charge on any atom is -0.489 e. The number of para-hydroxylation sites is 1. The maximum absolute atomic E-state index is 15.4. The number of pyridine rings is 1. The van der Waals surface area contributed by atoms with Crippen molar-refractivity contribution in [2.45, 2.75) is 94.3 Å². The number of amides is 6. The van der Waals surface area contributed by atoms with E-state index in [4.69, 9.17) is 15.2 Å². The molecular weight excluding hydrogens is 1000 g/mol. The number of H-pyrrole nitrogens is 1. The van der Waals surface area contributed by atoms with E-state index < -0.39 is 83.6 Å². The Morgan fingerprint density at radius 1 is 0.696 bits per heavy atom. The number of aromatic amines is 1. The first-order valence-electron chi connectivity index (χ1n) is 27.1. The summed E-state index contributed by atoms with van der Waals surface area (Å²) in [6.45, 7) is 1.78. The Labute approximate surface area is 458 Å². The van der Waals surface area contributed by atoms with Crippen LogP contribution in [0.15, 0.2) is 140 Å². The first-order chi connectivity index (χ1) is 38.5. The van der Waals surface area contributed by atoms with Crippen LogP contribution in [0.3, 0.4) is 0 Å². The molecule has 0 spiro atoms. The van der Waals surface area contributed by atoms with Crippen LogP contribution in [0.25, 0.3) is 10.9 Å². The lowest BCUT2D eigenvalue weighted by Crippen LogP contribution is -2.59. The lowest BCUT2D eigenvalue weighted by Gasteiger charge is -2.32. The average Bonchev–Trinajstić information content (AvgIpc) is 4.19. The van der Waals surface area contributed by atoms with Gasteiger partial charge in [-0.2, -0.15) is 0 Å². The van der Waals surface area contributed by atoms with Crippen molar-refractivity contribution in [1.82, 2.24) is 46.8 Å². The first-order valence-corrected chi connectivity index (χ1v) is 27.1. The van der Waals surface area contributed by atoms with Crippen molar-refractivity contribution in [2.75, 3.05) is 32.7 Å². The number of hydrogen-bond donors (Lipinski definition) is 8. The van der Waals surface area contributed by atoms with Crippen molar-refractivity contribution in [3.8, 4) is 5.75 Å². The van der Waals surface area contributed by atoms with Gasteiger partial charge < -0.3 is 57.0 Å². The van der Waals surface area contributed by atoms with Gasteiger partial charge in [-0.05, 0) is 90.4 Å².